The topological polar surface area (TPSA) is 67.8 Å². The number of hydrogen-bond acceptors (Lipinski definition) is 5. The first kappa shape index (κ1) is 19.8. The van der Waals surface area contributed by atoms with E-state index in [-0.39, 0.29) is 5.91 Å². The highest BCUT2D eigenvalue weighted by Crippen LogP contribution is 2.18. The molecule has 0 bridgehead atoms. The SMILES string of the molecule is CN(C)CCNC(=O)Cc1ccc(N(C)Cc2ccc(NO)cc2)cc1. The number of anilines is 2. The highest BCUT2D eigenvalue weighted by Gasteiger charge is 2.06. The fourth-order valence-electron chi connectivity index (χ4n) is 2.58. The molecule has 0 heterocycles. The van der Waals surface area contributed by atoms with Gasteiger partial charge in [0.25, 0.3) is 0 Å². The van der Waals surface area contributed by atoms with Crippen LogP contribution in [-0.4, -0.2) is 50.2 Å². The average molecular weight is 356 g/mol. The average Bonchev–Trinajstić information content (AvgIpc) is 2.62. The summed E-state index contributed by atoms with van der Waals surface area (Å²) < 4.78 is 0. The van der Waals surface area contributed by atoms with E-state index in [9.17, 15) is 4.79 Å². The van der Waals surface area contributed by atoms with Crippen LogP contribution in [0.1, 0.15) is 11.1 Å². The molecule has 26 heavy (non-hydrogen) atoms. The molecular formula is C20H28N4O2. The molecule has 0 aliphatic heterocycles. The van der Waals surface area contributed by atoms with Gasteiger partial charge in [-0.1, -0.05) is 24.3 Å². The van der Waals surface area contributed by atoms with Gasteiger partial charge < -0.3 is 15.1 Å². The summed E-state index contributed by atoms with van der Waals surface area (Å²) in [6, 6.07) is 15.7. The molecule has 0 spiro atoms. The van der Waals surface area contributed by atoms with Gasteiger partial charge in [-0.15, -0.1) is 0 Å². The van der Waals surface area contributed by atoms with Crippen molar-refractivity contribution in [3.8, 4) is 0 Å². The molecule has 0 saturated carbocycles. The van der Waals surface area contributed by atoms with Crippen LogP contribution in [0.4, 0.5) is 11.4 Å². The minimum atomic E-state index is 0.0468. The molecule has 3 N–H and O–H groups in total. The summed E-state index contributed by atoms with van der Waals surface area (Å²) in [6.07, 6.45) is 0.396. The molecular weight excluding hydrogens is 328 g/mol. The van der Waals surface area contributed by atoms with Crippen LogP contribution in [0.2, 0.25) is 0 Å². The fraction of sp³-hybridized carbons (Fsp3) is 0.350. The van der Waals surface area contributed by atoms with Crippen LogP contribution in [0.5, 0.6) is 0 Å². The van der Waals surface area contributed by atoms with E-state index in [2.05, 4.69) is 15.7 Å². The van der Waals surface area contributed by atoms with Crippen molar-refractivity contribution in [3.05, 3.63) is 59.7 Å². The maximum atomic E-state index is 11.9. The van der Waals surface area contributed by atoms with Gasteiger partial charge in [0.1, 0.15) is 0 Å². The van der Waals surface area contributed by atoms with Crippen molar-refractivity contribution in [2.45, 2.75) is 13.0 Å². The largest absolute Gasteiger partial charge is 0.370 e. The summed E-state index contributed by atoms with van der Waals surface area (Å²) >= 11 is 0. The Kier molecular flexibility index (Phi) is 7.44. The van der Waals surface area contributed by atoms with Crippen molar-refractivity contribution >= 4 is 17.3 Å². The van der Waals surface area contributed by atoms with Gasteiger partial charge in [-0.25, -0.2) is 0 Å². The Morgan fingerprint density at radius 3 is 2.15 bits per heavy atom. The summed E-state index contributed by atoms with van der Waals surface area (Å²) in [5, 5.41) is 11.8. The smallest absolute Gasteiger partial charge is 0.224 e. The number of hydrogen-bond donors (Lipinski definition) is 3. The van der Waals surface area contributed by atoms with Crippen molar-refractivity contribution in [3.63, 3.8) is 0 Å². The minimum Gasteiger partial charge on any atom is -0.370 e. The third-order valence-corrected chi connectivity index (χ3v) is 4.13. The molecule has 0 radical (unpaired) electrons. The molecule has 0 unspecified atom stereocenters. The number of carbonyl (C=O) groups excluding carboxylic acids is 1. The number of nitrogens with one attached hydrogen (secondary N) is 2. The van der Waals surface area contributed by atoms with Gasteiger partial charge >= 0.3 is 0 Å². The van der Waals surface area contributed by atoms with E-state index < -0.39 is 0 Å². The molecule has 0 saturated heterocycles. The Morgan fingerprint density at radius 2 is 1.58 bits per heavy atom. The number of amides is 1. The van der Waals surface area contributed by atoms with Crippen LogP contribution in [0.3, 0.4) is 0 Å². The maximum absolute atomic E-state index is 11.9. The molecule has 6 heteroatoms. The lowest BCUT2D eigenvalue weighted by molar-refractivity contribution is -0.120. The second-order valence-electron chi connectivity index (χ2n) is 6.66. The lowest BCUT2D eigenvalue weighted by Gasteiger charge is -2.20. The zero-order valence-corrected chi connectivity index (χ0v) is 15.7. The fourth-order valence-corrected chi connectivity index (χ4v) is 2.58. The molecule has 140 valence electrons. The van der Waals surface area contributed by atoms with E-state index in [0.717, 1.165) is 29.9 Å². The highest BCUT2D eigenvalue weighted by atomic mass is 16.5. The first-order chi connectivity index (χ1) is 12.5. The molecule has 0 atom stereocenters. The predicted octanol–water partition coefficient (Wildman–Crippen LogP) is 2.34. The van der Waals surface area contributed by atoms with E-state index in [4.69, 9.17) is 5.21 Å². The van der Waals surface area contributed by atoms with Crippen molar-refractivity contribution in [2.24, 2.45) is 0 Å². The van der Waals surface area contributed by atoms with E-state index in [1.54, 1.807) is 0 Å². The van der Waals surface area contributed by atoms with Crippen LogP contribution in [0, 0.1) is 0 Å². The monoisotopic (exact) mass is 356 g/mol. The lowest BCUT2D eigenvalue weighted by atomic mass is 10.1. The second kappa shape index (κ2) is 9.79. The second-order valence-corrected chi connectivity index (χ2v) is 6.66. The van der Waals surface area contributed by atoms with E-state index >= 15 is 0 Å². The molecule has 0 fully saturated rings. The molecule has 0 aliphatic rings. The third kappa shape index (κ3) is 6.38. The Morgan fingerprint density at radius 1 is 0.962 bits per heavy atom. The third-order valence-electron chi connectivity index (χ3n) is 4.13. The molecule has 0 aromatic heterocycles. The van der Waals surface area contributed by atoms with E-state index in [0.29, 0.717) is 18.7 Å². The lowest BCUT2D eigenvalue weighted by Crippen LogP contribution is -2.32. The van der Waals surface area contributed by atoms with Crippen LogP contribution in [0.15, 0.2) is 48.5 Å². The molecule has 2 rings (SSSR count). The summed E-state index contributed by atoms with van der Waals surface area (Å²) in [6.45, 7) is 2.26. The van der Waals surface area contributed by atoms with Crippen LogP contribution < -0.4 is 15.7 Å². The van der Waals surface area contributed by atoms with Gasteiger partial charge in [0.15, 0.2) is 0 Å². The Labute approximate surface area is 155 Å². The number of nitrogens with zero attached hydrogens (tertiary/aromatic N) is 2. The quantitative estimate of drug-likeness (QED) is 0.602. The van der Waals surface area contributed by atoms with Gasteiger partial charge in [-0.3, -0.25) is 15.5 Å². The van der Waals surface area contributed by atoms with E-state index in [1.165, 1.54) is 0 Å². The Hall–Kier alpha value is -2.57. The molecule has 1 amide bonds. The molecule has 2 aromatic rings. The number of likely N-dealkylation sites (N-methyl/N-ethyl adjacent to an activating group) is 1. The standard InChI is InChI=1S/C20H28N4O2/c1-23(2)13-12-21-20(25)14-16-6-10-19(11-7-16)24(3)15-17-4-8-18(22-26)9-5-17/h4-11,22,26H,12-15H2,1-3H3,(H,21,25). The maximum Gasteiger partial charge on any atom is 0.224 e. The van der Waals surface area contributed by atoms with Crippen molar-refractivity contribution in [1.82, 2.24) is 10.2 Å². The van der Waals surface area contributed by atoms with Crippen molar-refractivity contribution in [1.29, 1.82) is 0 Å². The van der Waals surface area contributed by atoms with Gasteiger partial charge in [-0.2, -0.15) is 0 Å². The van der Waals surface area contributed by atoms with Gasteiger partial charge in [0.05, 0.1) is 12.1 Å². The Bertz CT molecular complexity index is 684. The van der Waals surface area contributed by atoms with Crippen LogP contribution >= 0.6 is 0 Å². The zero-order chi connectivity index (χ0) is 18.9. The predicted molar refractivity (Wildman–Crippen MR) is 106 cm³/mol. The van der Waals surface area contributed by atoms with Gasteiger partial charge in [-0.05, 0) is 49.5 Å². The van der Waals surface area contributed by atoms with Gasteiger partial charge in [0.2, 0.25) is 5.91 Å². The summed E-state index contributed by atoms with van der Waals surface area (Å²) in [7, 11) is 6.00. The highest BCUT2D eigenvalue weighted by molar-refractivity contribution is 5.78. The number of benzene rings is 2. The van der Waals surface area contributed by atoms with Crippen LogP contribution in [0.25, 0.3) is 0 Å². The minimum absolute atomic E-state index is 0.0468. The molecule has 2 aromatic carbocycles. The van der Waals surface area contributed by atoms with Crippen molar-refractivity contribution < 1.29 is 10.0 Å². The number of carbonyl (C=O) groups is 1. The summed E-state index contributed by atoms with van der Waals surface area (Å²) in [5.74, 6) is 0.0468. The van der Waals surface area contributed by atoms with Crippen LogP contribution in [-0.2, 0) is 17.8 Å². The number of rotatable bonds is 9. The van der Waals surface area contributed by atoms with Gasteiger partial charge in [0, 0.05) is 32.4 Å². The normalized spacial score (nSPS) is 10.7. The Balaban J connectivity index is 1.86. The zero-order valence-electron chi connectivity index (χ0n) is 15.7. The summed E-state index contributed by atoms with van der Waals surface area (Å²) in [4.78, 5) is 16.1. The first-order valence-electron chi connectivity index (χ1n) is 8.68. The molecule has 6 nitrogen and oxygen atoms in total. The van der Waals surface area contributed by atoms with E-state index in [1.807, 2.05) is 74.6 Å². The summed E-state index contributed by atoms with van der Waals surface area (Å²) in [5.41, 5.74) is 6.04. The van der Waals surface area contributed by atoms with Crippen molar-refractivity contribution in [2.75, 3.05) is 44.6 Å². The first-order valence-corrected chi connectivity index (χ1v) is 8.68. The molecule has 0 aliphatic carbocycles.